The van der Waals surface area contributed by atoms with Gasteiger partial charge in [-0.15, -0.1) is 0 Å². The number of aryl methyl sites for hydroxylation is 1. The predicted molar refractivity (Wildman–Crippen MR) is 88.1 cm³/mol. The largest absolute Gasteiger partial charge is 0.294 e. The third kappa shape index (κ3) is 6.38. The van der Waals surface area contributed by atoms with E-state index in [9.17, 15) is 9.59 Å². The minimum absolute atomic E-state index is 0.236. The van der Waals surface area contributed by atoms with Crippen LogP contribution < -0.4 is 16.7 Å². The van der Waals surface area contributed by atoms with Gasteiger partial charge in [0.15, 0.2) is 0 Å². The average Bonchev–Trinajstić information content (AvgIpc) is 2.56. The number of carbonyl (C=O) groups excluding carboxylic acids is 2. The van der Waals surface area contributed by atoms with Crippen LogP contribution in [0.2, 0.25) is 0 Å². The maximum atomic E-state index is 12.0. The fourth-order valence-corrected chi connectivity index (χ4v) is 2.84. The van der Waals surface area contributed by atoms with E-state index in [1.54, 1.807) is 5.48 Å². The molecule has 0 heterocycles. The molecule has 0 spiro atoms. The molecule has 1 aromatic carbocycles. The van der Waals surface area contributed by atoms with E-state index in [0.717, 1.165) is 12.8 Å². The summed E-state index contributed by atoms with van der Waals surface area (Å²) < 4.78 is 0. The van der Waals surface area contributed by atoms with Crippen molar-refractivity contribution in [1.82, 2.24) is 10.9 Å². The Kier molecular flexibility index (Phi) is 8.29. The molecule has 1 rings (SSSR count). The maximum Gasteiger partial charge on any atom is 0.247 e. The number of hydrogen-bond donors (Lipinski definition) is 4. The number of rotatable bonds is 9. The summed E-state index contributed by atoms with van der Waals surface area (Å²) in [6.45, 7) is 3.96. The van der Waals surface area contributed by atoms with Gasteiger partial charge >= 0.3 is 0 Å². The van der Waals surface area contributed by atoms with E-state index in [4.69, 9.17) is 11.0 Å². The van der Waals surface area contributed by atoms with E-state index in [2.05, 4.69) is 5.43 Å². The average molecular weight is 321 g/mol. The molecule has 2 atom stereocenters. The molecule has 23 heavy (non-hydrogen) atoms. The van der Waals surface area contributed by atoms with E-state index >= 15 is 0 Å². The van der Waals surface area contributed by atoms with E-state index in [0.29, 0.717) is 12.8 Å². The molecule has 0 aliphatic rings. The standard InChI is InChI=1S/C17H27N3O3/c1-12(2)11-15(16(21)19-18)14(17(22)20-23)10-6-9-13-7-4-3-5-8-13/h3-5,7-8,12,14-15,23H,6,9-11,18H2,1-2H3,(H,19,21)(H,20,22)/t14-,15+/m0/s1. The van der Waals surface area contributed by atoms with Crippen LogP contribution in [0, 0.1) is 17.8 Å². The number of hydrogen-bond acceptors (Lipinski definition) is 4. The van der Waals surface area contributed by atoms with Crippen LogP contribution in [0.25, 0.3) is 0 Å². The van der Waals surface area contributed by atoms with Gasteiger partial charge in [0.1, 0.15) is 0 Å². The number of hydrazine groups is 1. The third-order valence-corrected chi connectivity index (χ3v) is 3.96. The number of carbonyl (C=O) groups is 2. The Hall–Kier alpha value is -1.92. The Labute approximate surface area is 137 Å². The molecule has 0 radical (unpaired) electrons. The van der Waals surface area contributed by atoms with Crippen molar-refractivity contribution in [2.45, 2.75) is 39.5 Å². The van der Waals surface area contributed by atoms with Crippen molar-refractivity contribution in [2.75, 3.05) is 0 Å². The summed E-state index contributed by atoms with van der Waals surface area (Å²) in [5.41, 5.74) is 5.00. The molecule has 6 nitrogen and oxygen atoms in total. The molecular weight excluding hydrogens is 294 g/mol. The first-order chi connectivity index (χ1) is 11.0. The van der Waals surface area contributed by atoms with E-state index in [1.165, 1.54) is 5.56 Å². The lowest BCUT2D eigenvalue weighted by Gasteiger charge is -2.25. The van der Waals surface area contributed by atoms with Gasteiger partial charge in [0, 0.05) is 0 Å². The van der Waals surface area contributed by atoms with Crippen molar-refractivity contribution in [3.63, 3.8) is 0 Å². The molecule has 6 heteroatoms. The van der Waals surface area contributed by atoms with Gasteiger partial charge in [0.25, 0.3) is 0 Å². The summed E-state index contributed by atoms with van der Waals surface area (Å²) in [4.78, 5) is 24.1. The van der Waals surface area contributed by atoms with Crippen molar-refractivity contribution in [3.05, 3.63) is 35.9 Å². The Bertz CT molecular complexity index is 491. The molecule has 0 saturated heterocycles. The van der Waals surface area contributed by atoms with Gasteiger partial charge in [0.2, 0.25) is 11.8 Å². The first-order valence-corrected chi connectivity index (χ1v) is 7.97. The molecule has 2 amide bonds. The predicted octanol–water partition coefficient (Wildman–Crippen LogP) is 1.78. The van der Waals surface area contributed by atoms with Gasteiger partial charge in [-0.05, 0) is 37.2 Å². The van der Waals surface area contributed by atoms with E-state index in [1.807, 2.05) is 44.2 Å². The molecule has 128 valence electrons. The van der Waals surface area contributed by atoms with Crippen LogP contribution in [0.15, 0.2) is 30.3 Å². The zero-order valence-corrected chi connectivity index (χ0v) is 13.8. The molecule has 0 aliphatic carbocycles. The summed E-state index contributed by atoms with van der Waals surface area (Å²) in [6.07, 6.45) is 2.60. The SMILES string of the molecule is CC(C)C[C@@H](C(=O)NN)[C@H](CCCc1ccccc1)C(=O)NO. The zero-order chi connectivity index (χ0) is 17.2. The summed E-state index contributed by atoms with van der Waals surface area (Å²) in [7, 11) is 0. The number of nitrogens with two attached hydrogens (primary N) is 1. The molecular formula is C17H27N3O3. The Balaban J connectivity index is 2.76. The number of nitrogens with one attached hydrogen (secondary N) is 2. The monoisotopic (exact) mass is 321 g/mol. The molecule has 0 unspecified atom stereocenters. The van der Waals surface area contributed by atoms with Crippen LogP contribution >= 0.6 is 0 Å². The van der Waals surface area contributed by atoms with Gasteiger partial charge in [0.05, 0.1) is 11.8 Å². The second-order valence-corrected chi connectivity index (χ2v) is 6.21. The molecule has 1 aromatic rings. The second kappa shape index (κ2) is 9.97. The van der Waals surface area contributed by atoms with Crippen molar-refractivity contribution in [3.8, 4) is 0 Å². The van der Waals surface area contributed by atoms with E-state index < -0.39 is 17.7 Å². The second-order valence-electron chi connectivity index (χ2n) is 6.21. The fourth-order valence-electron chi connectivity index (χ4n) is 2.84. The van der Waals surface area contributed by atoms with Crippen LogP contribution in [0.3, 0.4) is 0 Å². The lowest BCUT2D eigenvalue weighted by atomic mass is 9.81. The van der Waals surface area contributed by atoms with E-state index in [-0.39, 0.29) is 11.8 Å². The van der Waals surface area contributed by atoms with Crippen molar-refractivity contribution in [1.29, 1.82) is 0 Å². The molecule has 0 aromatic heterocycles. The van der Waals surface area contributed by atoms with Gasteiger partial charge in [-0.2, -0.15) is 0 Å². The lowest BCUT2D eigenvalue weighted by molar-refractivity contribution is -0.141. The highest BCUT2D eigenvalue weighted by Gasteiger charge is 2.33. The van der Waals surface area contributed by atoms with Crippen LogP contribution in [-0.4, -0.2) is 17.0 Å². The summed E-state index contributed by atoms with van der Waals surface area (Å²) in [6, 6.07) is 9.95. The van der Waals surface area contributed by atoms with Crippen LogP contribution in [0.5, 0.6) is 0 Å². The highest BCUT2D eigenvalue weighted by atomic mass is 16.5. The topological polar surface area (TPSA) is 104 Å². The quantitative estimate of drug-likeness (QED) is 0.241. The zero-order valence-electron chi connectivity index (χ0n) is 13.8. The highest BCUT2D eigenvalue weighted by Crippen LogP contribution is 2.26. The van der Waals surface area contributed by atoms with Gasteiger partial charge in [-0.3, -0.25) is 20.2 Å². The van der Waals surface area contributed by atoms with Crippen LogP contribution in [0.4, 0.5) is 0 Å². The molecule has 0 aliphatic heterocycles. The van der Waals surface area contributed by atoms with Gasteiger partial charge < -0.3 is 0 Å². The Morgan fingerprint density at radius 1 is 1.13 bits per heavy atom. The van der Waals surface area contributed by atoms with Gasteiger partial charge in [-0.25, -0.2) is 11.3 Å². The molecule has 5 N–H and O–H groups in total. The summed E-state index contributed by atoms with van der Waals surface area (Å²) in [5.74, 6) is 3.43. The van der Waals surface area contributed by atoms with Crippen LogP contribution in [0.1, 0.15) is 38.7 Å². The number of hydroxylamine groups is 1. The fraction of sp³-hybridized carbons (Fsp3) is 0.529. The number of benzene rings is 1. The lowest BCUT2D eigenvalue weighted by Crippen LogP contribution is -2.44. The van der Waals surface area contributed by atoms with Crippen molar-refractivity contribution < 1.29 is 14.8 Å². The third-order valence-electron chi connectivity index (χ3n) is 3.96. The first kappa shape index (κ1) is 19.1. The maximum absolute atomic E-state index is 12.0. The minimum atomic E-state index is -0.602. The Morgan fingerprint density at radius 3 is 2.30 bits per heavy atom. The van der Waals surface area contributed by atoms with Gasteiger partial charge in [-0.1, -0.05) is 44.2 Å². The number of amides is 2. The smallest absolute Gasteiger partial charge is 0.247 e. The summed E-state index contributed by atoms with van der Waals surface area (Å²) in [5, 5.41) is 9.00. The Morgan fingerprint density at radius 2 is 1.78 bits per heavy atom. The van der Waals surface area contributed by atoms with Crippen molar-refractivity contribution >= 4 is 11.8 Å². The minimum Gasteiger partial charge on any atom is -0.294 e. The first-order valence-electron chi connectivity index (χ1n) is 7.97. The summed E-state index contributed by atoms with van der Waals surface area (Å²) >= 11 is 0. The normalized spacial score (nSPS) is 13.4. The molecule has 0 bridgehead atoms. The molecule has 0 fully saturated rings. The molecule has 0 saturated carbocycles. The highest BCUT2D eigenvalue weighted by molar-refractivity contribution is 5.86. The van der Waals surface area contributed by atoms with Crippen LogP contribution in [-0.2, 0) is 16.0 Å². The van der Waals surface area contributed by atoms with Crippen molar-refractivity contribution in [2.24, 2.45) is 23.6 Å².